The van der Waals surface area contributed by atoms with Crippen LogP contribution in [0.25, 0.3) is 0 Å². The minimum absolute atomic E-state index is 0.310. The highest BCUT2D eigenvalue weighted by molar-refractivity contribution is 5.70. The lowest BCUT2D eigenvalue weighted by Crippen LogP contribution is -2.17. The summed E-state index contributed by atoms with van der Waals surface area (Å²) in [7, 11) is 1.66. The number of aliphatic carboxylic acids is 1. The van der Waals surface area contributed by atoms with E-state index in [0.717, 1.165) is 28.0 Å². The predicted molar refractivity (Wildman–Crippen MR) is 72.3 cm³/mol. The van der Waals surface area contributed by atoms with Crippen LogP contribution in [0.3, 0.4) is 0 Å². The van der Waals surface area contributed by atoms with Gasteiger partial charge in [-0.05, 0) is 61.9 Å². The normalized spacial score (nSPS) is 12.3. The van der Waals surface area contributed by atoms with Crippen molar-refractivity contribution in [3.8, 4) is 5.75 Å². The molecule has 0 aliphatic carbocycles. The molecule has 0 saturated heterocycles. The van der Waals surface area contributed by atoms with E-state index in [1.807, 2.05) is 33.8 Å². The molecule has 0 aliphatic rings. The molecule has 18 heavy (non-hydrogen) atoms. The summed E-state index contributed by atoms with van der Waals surface area (Å²) in [6.45, 7) is 7.98. The van der Waals surface area contributed by atoms with Gasteiger partial charge in [-0.15, -0.1) is 0 Å². The van der Waals surface area contributed by atoms with Crippen molar-refractivity contribution >= 4 is 5.97 Å². The maximum Gasteiger partial charge on any atom is 0.306 e. The molecule has 0 spiro atoms. The molecular weight excluding hydrogens is 228 g/mol. The van der Waals surface area contributed by atoms with Gasteiger partial charge in [0.1, 0.15) is 5.75 Å². The van der Waals surface area contributed by atoms with Gasteiger partial charge < -0.3 is 9.84 Å². The van der Waals surface area contributed by atoms with Gasteiger partial charge >= 0.3 is 5.97 Å². The Balaban J connectivity index is 3.17. The Morgan fingerprint density at radius 1 is 1.33 bits per heavy atom. The molecule has 0 aromatic heterocycles. The van der Waals surface area contributed by atoms with Crippen molar-refractivity contribution in [3.63, 3.8) is 0 Å². The second-order valence-corrected chi connectivity index (χ2v) is 4.77. The summed E-state index contributed by atoms with van der Waals surface area (Å²) in [5.74, 6) is -0.155. The van der Waals surface area contributed by atoms with Crippen LogP contribution in [0.15, 0.2) is 6.07 Å². The topological polar surface area (TPSA) is 46.5 Å². The number of methoxy groups -OCH3 is 1. The Hall–Kier alpha value is -1.51. The molecule has 1 aromatic carbocycles. The second kappa shape index (κ2) is 5.89. The highest BCUT2D eigenvalue weighted by Gasteiger charge is 2.19. The molecule has 1 unspecified atom stereocenters. The van der Waals surface area contributed by atoms with Gasteiger partial charge in [0, 0.05) is 0 Å². The van der Waals surface area contributed by atoms with Crippen molar-refractivity contribution in [2.24, 2.45) is 5.92 Å². The number of carboxylic acids is 1. The lowest BCUT2D eigenvalue weighted by Gasteiger charge is -2.18. The van der Waals surface area contributed by atoms with E-state index in [-0.39, 0.29) is 5.92 Å². The van der Waals surface area contributed by atoms with Gasteiger partial charge in [0.15, 0.2) is 0 Å². The van der Waals surface area contributed by atoms with Gasteiger partial charge in [-0.25, -0.2) is 0 Å². The summed E-state index contributed by atoms with van der Waals surface area (Å²) in [4.78, 5) is 11.1. The first-order chi connectivity index (χ1) is 8.42. The zero-order valence-electron chi connectivity index (χ0n) is 11.8. The molecule has 1 N–H and O–H groups in total. The van der Waals surface area contributed by atoms with E-state index in [4.69, 9.17) is 9.84 Å². The molecule has 0 radical (unpaired) electrons. The highest BCUT2D eigenvalue weighted by atomic mass is 16.5. The summed E-state index contributed by atoms with van der Waals surface area (Å²) in [6, 6.07) is 1.99. The van der Waals surface area contributed by atoms with Crippen molar-refractivity contribution in [1.82, 2.24) is 0 Å². The Morgan fingerprint density at radius 2 is 1.94 bits per heavy atom. The molecule has 1 aromatic rings. The highest BCUT2D eigenvalue weighted by Crippen LogP contribution is 2.29. The maximum atomic E-state index is 11.1. The first kappa shape index (κ1) is 14.6. The zero-order chi connectivity index (χ0) is 13.9. The molecule has 0 aliphatic heterocycles. The lowest BCUT2D eigenvalue weighted by atomic mass is 9.89. The van der Waals surface area contributed by atoms with E-state index < -0.39 is 5.97 Å². The fourth-order valence-electron chi connectivity index (χ4n) is 2.28. The van der Waals surface area contributed by atoms with Gasteiger partial charge in [-0.1, -0.05) is 6.92 Å². The Labute approximate surface area is 109 Å². The number of rotatable bonds is 5. The predicted octanol–water partition coefficient (Wildman–Crippen LogP) is 3.27. The van der Waals surface area contributed by atoms with Gasteiger partial charge in [-0.3, -0.25) is 4.79 Å². The van der Waals surface area contributed by atoms with Crippen LogP contribution in [0.5, 0.6) is 5.75 Å². The fraction of sp³-hybridized carbons (Fsp3) is 0.533. The third-order valence-corrected chi connectivity index (χ3v) is 3.72. The summed E-state index contributed by atoms with van der Waals surface area (Å²) in [5, 5.41) is 9.16. The van der Waals surface area contributed by atoms with Crippen molar-refractivity contribution in [1.29, 1.82) is 0 Å². The SMILES string of the molecule is CCC(Cc1c(C)cc(OC)c(C)c1C)C(=O)O. The first-order valence-corrected chi connectivity index (χ1v) is 6.28. The first-order valence-electron chi connectivity index (χ1n) is 6.28. The number of carboxylic acid groups (broad SMARTS) is 1. The van der Waals surface area contributed by atoms with E-state index in [1.54, 1.807) is 7.11 Å². The Morgan fingerprint density at radius 3 is 2.39 bits per heavy atom. The molecule has 1 atom stereocenters. The molecule has 0 saturated carbocycles. The van der Waals surface area contributed by atoms with Crippen LogP contribution in [-0.2, 0) is 11.2 Å². The van der Waals surface area contributed by atoms with E-state index in [1.165, 1.54) is 0 Å². The molecule has 0 fully saturated rings. The quantitative estimate of drug-likeness (QED) is 0.872. The molecule has 1 rings (SSSR count). The lowest BCUT2D eigenvalue weighted by molar-refractivity contribution is -0.141. The van der Waals surface area contributed by atoms with Gasteiger partial charge in [0.25, 0.3) is 0 Å². The minimum Gasteiger partial charge on any atom is -0.496 e. The van der Waals surface area contributed by atoms with Crippen LogP contribution in [0.1, 0.15) is 35.6 Å². The largest absolute Gasteiger partial charge is 0.496 e. The monoisotopic (exact) mass is 250 g/mol. The molecule has 3 nitrogen and oxygen atoms in total. The number of hydrogen-bond acceptors (Lipinski definition) is 2. The van der Waals surface area contributed by atoms with Crippen LogP contribution in [0.4, 0.5) is 0 Å². The van der Waals surface area contributed by atoms with Crippen LogP contribution in [0.2, 0.25) is 0 Å². The standard InChI is InChI=1S/C15H22O3/c1-6-12(15(16)17)8-13-9(2)7-14(18-5)11(4)10(13)3/h7,12H,6,8H2,1-5H3,(H,16,17). The number of carbonyl (C=O) groups is 1. The Bertz CT molecular complexity index is 450. The molecular formula is C15H22O3. The number of hydrogen-bond donors (Lipinski definition) is 1. The second-order valence-electron chi connectivity index (χ2n) is 4.77. The van der Waals surface area contributed by atoms with E-state index in [9.17, 15) is 4.79 Å². The minimum atomic E-state index is -0.718. The molecule has 0 heterocycles. The van der Waals surface area contributed by atoms with Crippen LogP contribution in [-0.4, -0.2) is 18.2 Å². The molecule has 0 bridgehead atoms. The van der Waals surface area contributed by atoms with Crippen molar-refractivity contribution in [2.45, 2.75) is 40.5 Å². The van der Waals surface area contributed by atoms with Crippen molar-refractivity contribution in [3.05, 3.63) is 28.3 Å². The molecule has 0 amide bonds. The van der Waals surface area contributed by atoms with Crippen LogP contribution < -0.4 is 4.74 Å². The average Bonchev–Trinajstić information content (AvgIpc) is 2.33. The van der Waals surface area contributed by atoms with Gasteiger partial charge in [0.2, 0.25) is 0 Å². The summed E-state index contributed by atoms with van der Waals surface area (Å²) in [5.41, 5.74) is 4.49. The summed E-state index contributed by atoms with van der Waals surface area (Å²) < 4.78 is 5.32. The zero-order valence-corrected chi connectivity index (χ0v) is 11.8. The maximum absolute atomic E-state index is 11.1. The van der Waals surface area contributed by atoms with Crippen LogP contribution in [0, 0.1) is 26.7 Å². The molecule has 3 heteroatoms. The van der Waals surface area contributed by atoms with E-state index in [0.29, 0.717) is 12.8 Å². The Kier molecular flexibility index (Phi) is 4.76. The smallest absolute Gasteiger partial charge is 0.306 e. The number of benzene rings is 1. The van der Waals surface area contributed by atoms with Gasteiger partial charge in [0.05, 0.1) is 13.0 Å². The van der Waals surface area contributed by atoms with E-state index >= 15 is 0 Å². The number of ether oxygens (including phenoxy) is 1. The number of aryl methyl sites for hydroxylation is 1. The van der Waals surface area contributed by atoms with E-state index in [2.05, 4.69) is 0 Å². The average molecular weight is 250 g/mol. The third-order valence-electron chi connectivity index (χ3n) is 3.72. The summed E-state index contributed by atoms with van der Waals surface area (Å²) >= 11 is 0. The summed E-state index contributed by atoms with van der Waals surface area (Å²) in [6.07, 6.45) is 1.24. The van der Waals surface area contributed by atoms with Gasteiger partial charge in [-0.2, -0.15) is 0 Å². The van der Waals surface area contributed by atoms with Crippen molar-refractivity contribution in [2.75, 3.05) is 7.11 Å². The van der Waals surface area contributed by atoms with Crippen LogP contribution >= 0.6 is 0 Å². The third kappa shape index (κ3) is 2.84. The fourth-order valence-corrected chi connectivity index (χ4v) is 2.28. The van der Waals surface area contributed by atoms with Crippen molar-refractivity contribution < 1.29 is 14.6 Å². The molecule has 100 valence electrons.